The Morgan fingerprint density at radius 1 is 1.14 bits per heavy atom. The highest BCUT2D eigenvalue weighted by Gasteiger charge is 2.10. The number of methoxy groups -OCH3 is 1. The molecule has 0 aliphatic rings. The maximum absolute atomic E-state index is 6.33. The number of rotatable bonds is 8. The molecule has 1 N–H and O–H groups in total. The Hall–Kier alpha value is -1.78. The predicted octanol–water partition coefficient (Wildman–Crippen LogP) is 3.82. The van der Waals surface area contributed by atoms with E-state index < -0.39 is 0 Å². The van der Waals surface area contributed by atoms with Crippen molar-refractivity contribution in [2.45, 2.75) is 26.4 Å². The van der Waals surface area contributed by atoms with Gasteiger partial charge in [0, 0.05) is 36.6 Å². The molecular weight excluding hydrogens is 300 g/mol. The molecule has 0 bridgehead atoms. The summed E-state index contributed by atoms with van der Waals surface area (Å²) in [5.41, 5.74) is 2.16. The topological polar surface area (TPSA) is 43.4 Å². The first kappa shape index (κ1) is 16.6. The Morgan fingerprint density at radius 2 is 1.91 bits per heavy atom. The second-order valence-electron chi connectivity index (χ2n) is 4.90. The first-order chi connectivity index (χ1) is 10.7. The van der Waals surface area contributed by atoms with Crippen LogP contribution in [-0.4, -0.2) is 18.7 Å². The summed E-state index contributed by atoms with van der Waals surface area (Å²) in [6.45, 7) is 4.12. The highest BCUT2D eigenvalue weighted by atomic mass is 35.5. The molecule has 0 aliphatic carbocycles. The van der Waals surface area contributed by atoms with Crippen LogP contribution in [-0.2, 0) is 13.1 Å². The normalized spacial score (nSPS) is 10.5. The second-order valence-corrected chi connectivity index (χ2v) is 5.31. The first-order valence-electron chi connectivity index (χ1n) is 7.33. The van der Waals surface area contributed by atoms with Gasteiger partial charge in [-0.05, 0) is 35.7 Å². The lowest BCUT2D eigenvalue weighted by Gasteiger charge is -2.14. The van der Waals surface area contributed by atoms with Crippen LogP contribution in [0.1, 0.15) is 24.5 Å². The Balaban J connectivity index is 2.01. The first-order valence-corrected chi connectivity index (χ1v) is 7.71. The zero-order valence-electron chi connectivity index (χ0n) is 12.9. The molecule has 4 nitrogen and oxygen atoms in total. The molecule has 118 valence electrons. The van der Waals surface area contributed by atoms with Crippen molar-refractivity contribution in [2.75, 3.05) is 13.7 Å². The van der Waals surface area contributed by atoms with Gasteiger partial charge < -0.3 is 14.8 Å². The van der Waals surface area contributed by atoms with Gasteiger partial charge in [0.05, 0.1) is 13.7 Å². The van der Waals surface area contributed by atoms with E-state index in [1.807, 2.05) is 24.3 Å². The molecule has 0 atom stereocenters. The van der Waals surface area contributed by atoms with Crippen molar-refractivity contribution in [3.05, 3.63) is 52.8 Å². The van der Waals surface area contributed by atoms with E-state index in [0.717, 1.165) is 18.5 Å². The number of benzene rings is 1. The number of nitrogens with one attached hydrogen (secondary N) is 1. The van der Waals surface area contributed by atoms with E-state index in [-0.39, 0.29) is 0 Å². The third-order valence-electron chi connectivity index (χ3n) is 3.19. The fourth-order valence-electron chi connectivity index (χ4n) is 2.04. The monoisotopic (exact) mass is 320 g/mol. The largest absolute Gasteiger partial charge is 0.493 e. The van der Waals surface area contributed by atoms with Crippen LogP contribution < -0.4 is 14.8 Å². The van der Waals surface area contributed by atoms with Gasteiger partial charge in [-0.2, -0.15) is 0 Å². The molecule has 0 aliphatic heterocycles. The SMILES string of the molecule is CCCOc1cc(Cl)c(CNCc2ccncc2)cc1OC. The van der Waals surface area contributed by atoms with Crippen LogP contribution in [0.25, 0.3) is 0 Å². The molecule has 22 heavy (non-hydrogen) atoms. The van der Waals surface area contributed by atoms with Crippen LogP contribution in [0.3, 0.4) is 0 Å². The van der Waals surface area contributed by atoms with Gasteiger partial charge in [-0.25, -0.2) is 0 Å². The molecule has 5 heteroatoms. The Kier molecular flexibility index (Phi) is 6.49. The van der Waals surface area contributed by atoms with Crippen molar-refractivity contribution in [1.29, 1.82) is 0 Å². The quantitative estimate of drug-likeness (QED) is 0.803. The number of pyridine rings is 1. The maximum atomic E-state index is 6.33. The number of nitrogens with zero attached hydrogens (tertiary/aromatic N) is 1. The number of hydrogen-bond donors (Lipinski definition) is 1. The summed E-state index contributed by atoms with van der Waals surface area (Å²) in [4.78, 5) is 4.00. The van der Waals surface area contributed by atoms with E-state index in [9.17, 15) is 0 Å². The van der Waals surface area contributed by atoms with E-state index >= 15 is 0 Å². The molecule has 1 heterocycles. The molecule has 0 fully saturated rings. The van der Waals surface area contributed by atoms with Crippen molar-refractivity contribution >= 4 is 11.6 Å². The lowest BCUT2D eigenvalue weighted by molar-refractivity contribution is 0.294. The molecule has 0 unspecified atom stereocenters. The lowest BCUT2D eigenvalue weighted by atomic mass is 10.2. The molecule has 1 aromatic heterocycles. The van der Waals surface area contributed by atoms with Gasteiger partial charge in [0.2, 0.25) is 0 Å². The lowest BCUT2D eigenvalue weighted by Crippen LogP contribution is -2.13. The van der Waals surface area contributed by atoms with Gasteiger partial charge >= 0.3 is 0 Å². The van der Waals surface area contributed by atoms with Crippen LogP contribution in [0.2, 0.25) is 5.02 Å². The Labute approximate surface area is 136 Å². The number of halogens is 1. The number of hydrogen-bond acceptors (Lipinski definition) is 4. The summed E-state index contributed by atoms with van der Waals surface area (Å²) in [5.74, 6) is 1.39. The average Bonchev–Trinajstić information content (AvgIpc) is 2.55. The third kappa shape index (κ3) is 4.61. The predicted molar refractivity (Wildman–Crippen MR) is 88.6 cm³/mol. The van der Waals surface area contributed by atoms with E-state index in [0.29, 0.717) is 29.7 Å². The van der Waals surface area contributed by atoms with E-state index in [2.05, 4.69) is 17.2 Å². The minimum Gasteiger partial charge on any atom is -0.493 e. The molecule has 0 spiro atoms. The van der Waals surface area contributed by atoms with Gasteiger partial charge in [-0.3, -0.25) is 4.98 Å². The maximum Gasteiger partial charge on any atom is 0.162 e. The molecule has 0 saturated heterocycles. The minimum absolute atomic E-state index is 0.645. The van der Waals surface area contributed by atoms with E-state index in [4.69, 9.17) is 21.1 Å². The highest BCUT2D eigenvalue weighted by Crippen LogP contribution is 2.33. The Morgan fingerprint density at radius 3 is 2.59 bits per heavy atom. The fraction of sp³-hybridized carbons (Fsp3) is 0.353. The van der Waals surface area contributed by atoms with Crippen molar-refractivity contribution in [2.24, 2.45) is 0 Å². The van der Waals surface area contributed by atoms with Crippen LogP contribution >= 0.6 is 11.6 Å². The highest BCUT2D eigenvalue weighted by molar-refractivity contribution is 6.31. The summed E-state index contributed by atoms with van der Waals surface area (Å²) in [6.07, 6.45) is 4.51. The average molecular weight is 321 g/mol. The molecule has 1 aromatic carbocycles. The molecule has 0 amide bonds. The molecule has 2 rings (SSSR count). The van der Waals surface area contributed by atoms with Gasteiger partial charge in [-0.1, -0.05) is 18.5 Å². The van der Waals surface area contributed by atoms with Crippen LogP contribution in [0, 0.1) is 0 Å². The van der Waals surface area contributed by atoms with Gasteiger partial charge in [-0.15, -0.1) is 0 Å². The zero-order valence-corrected chi connectivity index (χ0v) is 13.7. The summed E-state index contributed by atoms with van der Waals surface area (Å²) in [5, 5.41) is 4.04. The summed E-state index contributed by atoms with van der Waals surface area (Å²) < 4.78 is 11.0. The van der Waals surface area contributed by atoms with E-state index in [1.165, 1.54) is 5.56 Å². The van der Waals surface area contributed by atoms with Crippen molar-refractivity contribution in [3.8, 4) is 11.5 Å². The van der Waals surface area contributed by atoms with Gasteiger partial charge in [0.25, 0.3) is 0 Å². The molecule has 2 aromatic rings. The summed E-state index contributed by atoms with van der Waals surface area (Å²) >= 11 is 6.33. The standard InChI is InChI=1S/C17H21ClN2O2/c1-3-8-22-17-10-15(18)14(9-16(17)21-2)12-20-11-13-4-6-19-7-5-13/h4-7,9-10,20H,3,8,11-12H2,1-2H3. The van der Waals surface area contributed by atoms with Crippen molar-refractivity contribution in [1.82, 2.24) is 10.3 Å². The summed E-state index contributed by atoms with van der Waals surface area (Å²) in [7, 11) is 1.64. The summed E-state index contributed by atoms with van der Waals surface area (Å²) in [6, 6.07) is 7.71. The van der Waals surface area contributed by atoms with Gasteiger partial charge in [0.1, 0.15) is 0 Å². The molecular formula is C17H21ClN2O2. The number of ether oxygens (including phenoxy) is 2. The van der Waals surface area contributed by atoms with Crippen LogP contribution in [0.15, 0.2) is 36.7 Å². The smallest absolute Gasteiger partial charge is 0.162 e. The minimum atomic E-state index is 0.645. The van der Waals surface area contributed by atoms with Crippen molar-refractivity contribution < 1.29 is 9.47 Å². The van der Waals surface area contributed by atoms with Gasteiger partial charge in [0.15, 0.2) is 11.5 Å². The van der Waals surface area contributed by atoms with Crippen LogP contribution in [0.4, 0.5) is 0 Å². The third-order valence-corrected chi connectivity index (χ3v) is 3.54. The Bertz CT molecular complexity index is 591. The van der Waals surface area contributed by atoms with E-state index in [1.54, 1.807) is 19.5 Å². The second kappa shape index (κ2) is 8.61. The van der Waals surface area contributed by atoms with Crippen LogP contribution in [0.5, 0.6) is 11.5 Å². The molecule has 0 saturated carbocycles. The van der Waals surface area contributed by atoms with Crippen molar-refractivity contribution in [3.63, 3.8) is 0 Å². The zero-order chi connectivity index (χ0) is 15.8. The molecule has 0 radical (unpaired) electrons. The number of aromatic nitrogens is 1. The fourth-order valence-corrected chi connectivity index (χ4v) is 2.26.